The highest BCUT2D eigenvalue weighted by atomic mass is 15.1. The van der Waals surface area contributed by atoms with Gasteiger partial charge in [0.1, 0.15) is 0 Å². The van der Waals surface area contributed by atoms with Gasteiger partial charge in [0.25, 0.3) is 0 Å². The Bertz CT molecular complexity index is 400. The molecule has 0 radical (unpaired) electrons. The fourth-order valence-electron chi connectivity index (χ4n) is 3.50. The Morgan fingerprint density at radius 2 is 1.62 bits per heavy atom. The largest absolute Gasteiger partial charge is 0.314 e. The third-order valence-corrected chi connectivity index (χ3v) is 4.34. The first kappa shape index (κ1) is 16.5. The maximum absolute atomic E-state index is 3.48. The van der Waals surface area contributed by atoms with Gasteiger partial charge in [-0.2, -0.15) is 0 Å². The van der Waals surface area contributed by atoms with E-state index < -0.39 is 0 Å². The van der Waals surface area contributed by atoms with E-state index in [1.165, 1.54) is 30.6 Å². The molecular weight excluding hydrogens is 256 g/mol. The highest BCUT2D eigenvalue weighted by Crippen LogP contribution is 2.22. The Labute approximate surface area is 130 Å². The standard InChI is InChI=1S/C19H32N2/c1-15(2)20-10-9-18-5-7-19(8-6-18)14-21-12-16(3)11-17(4)13-21/h5-8,15-17,20H,9-14H2,1-4H3. The molecule has 1 aromatic carbocycles. The summed E-state index contributed by atoms with van der Waals surface area (Å²) in [6, 6.07) is 9.80. The van der Waals surface area contributed by atoms with Crippen LogP contribution < -0.4 is 5.32 Å². The molecule has 2 rings (SSSR count). The third kappa shape index (κ3) is 5.80. The lowest BCUT2D eigenvalue weighted by Gasteiger charge is -2.35. The summed E-state index contributed by atoms with van der Waals surface area (Å²) in [6.07, 6.45) is 2.51. The van der Waals surface area contributed by atoms with Crippen molar-refractivity contribution in [3.63, 3.8) is 0 Å². The van der Waals surface area contributed by atoms with Gasteiger partial charge in [-0.3, -0.25) is 4.90 Å². The molecule has 2 atom stereocenters. The van der Waals surface area contributed by atoms with Gasteiger partial charge in [0.15, 0.2) is 0 Å². The highest BCUT2D eigenvalue weighted by molar-refractivity contribution is 5.22. The van der Waals surface area contributed by atoms with Crippen LogP contribution in [0.5, 0.6) is 0 Å². The van der Waals surface area contributed by atoms with Crippen LogP contribution in [0, 0.1) is 11.8 Å². The van der Waals surface area contributed by atoms with Crippen LogP contribution in [0.1, 0.15) is 45.2 Å². The van der Waals surface area contributed by atoms with Gasteiger partial charge in [0.2, 0.25) is 0 Å². The van der Waals surface area contributed by atoms with Gasteiger partial charge in [0.05, 0.1) is 0 Å². The molecule has 0 amide bonds. The minimum Gasteiger partial charge on any atom is -0.314 e. The molecule has 0 bridgehead atoms. The summed E-state index contributed by atoms with van der Waals surface area (Å²) < 4.78 is 0. The van der Waals surface area contributed by atoms with E-state index >= 15 is 0 Å². The average molecular weight is 288 g/mol. The second-order valence-corrected chi connectivity index (χ2v) is 7.32. The lowest BCUT2D eigenvalue weighted by atomic mass is 9.91. The van der Waals surface area contributed by atoms with Crippen molar-refractivity contribution in [3.8, 4) is 0 Å². The number of hydrogen-bond acceptors (Lipinski definition) is 2. The Balaban J connectivity index is 1.81. The molecule has 0 spiro atoms. The van der Waals surface area contributed by atoms with Crippen LogP contribution in [0.3, 0.4) is 0 Å². The van der Waals surface area contributed by atoms with Crippen molar-refractivity contribution in [2.45, 2.75) is 53.1 Å². The Morgan fingerprint density at radius 3 is 2.19 bits per heavy atom. The number of hydrogen-bond donors (Lipinski definition) is 1. The van der Waals surface area contributed by atoms with Crippen molar-refractivity contribution in [2.75, 3.05) is 19.6 Å². The number of piperidine rings is 1. The van der Waals surface area contributed by atoms with Crippen molar-refractivity contribution in [2.24, 2.45) is 11.8 Å². The first-order chi connectivity index (χ1) is 10.0. The molecule has 0 saturated carbocycles. The van der Waals surface area contributed by atoms with Gasteiger partial charge in [-0.1, -0.05) is 52.0 Å². The van der Waals surface area contributed by atoms with Crippen LogP contribution in [-0.4, -0.2) is 30.6 Å². The molecule has 1 N–H and O–H groups in total. The van der Waals surface area contributed by atoms with Crippen LogP contribution in [0.2, 0.25) is 0 Å². The van der Waals surface area contributed by atoms with E-state index in [0.717, 1.165) is 31.3 Å². The number of rotatable bonds is 6. The molecule has 118 valence electrons. The molecule has 1 aliphatic rings. The molecule has 0 aliphatic carbocycles. The number of nitrogens with zero attached hydrogens (tertiary/aromatic N) is 1. The normalized spacial score (nSPS) is 23.7. The lowest BCUT2D eigenvalue weighted by molar-refractivity contribution is 0.134. The SMILES string of the molecule is CC1CC(C)CN(Cc2ccc(CCNC(C)C)cc2)C1. The summed E-state index contributed by atoms with van der Waals surface area (Å²) in [5, 5.41) is 3.48. The average Bonchev–Trinajstić information content (AvgIpc) is 2.39. The molecule has 1 saturated heterocycles. The minimum atomic E-state index is 0.576. The zero-order chi connectivity index (χ0) is 15.2. The minimum absolute atomic E-state index is 0.576. The zero-order valence-corrected chi connectivity index (χ0v) is 14.2. The van der Waals surface area contributed by atoms with Gasteiger partial charge >= 0.3 is 0 Å². The molecule has 2 unspecified atom stereocenters. The van der Waals surface area contributed by atoms with E-state index in [2.05, 4.69) is 62.2 Å². The van der Waals surface area contributed by atoms with Crippen molar-refractivity contribution in [3.05, 3.63) is 35.4 Å². The fraction of sp³-hybridized carbons (Fsp3) is 0.684. The van der Waals surface area contributed by atoms with Crippen molar-refractivity contribution < 1.29 is 0 Å². The summed E-state index contributed by atoms with van der Waals surface area (Å²) in [5.74, 6) is 1.69. The molecule has 2 heteroatoms. The van der Waals surface area contributed by atoms with Gasteiger partial charge < -0.3 is 5.32 Å². The fourth-order valence-corrected chi connectivity index (χ4v) is 3.50. The van der Waals surface area contributed by atoms with Crippen molar-refractivity contribution in [1.29, 1.82) is 0 Å². The molecule has 1 aromatic rings. The predicted molar refractivity (Wildman–Crippen MR) is 91.5 cm³/mol. The molecule has 0 aromatic heterocycles. The second-order valence-electron chi connectivity index (χ2n) is 7.32. The molecular formula is C19H32N2. The Morgan fingerprint density at radius 1 is 1.05 bits per heavy atom. The number of likely N-dealkylation sites (tertiary alicyclic amines) is 1. The van der Waals surface area contributed by atoms with E-state index in [1.54, 1.807) is 0 Å². The Kier molecular flexibility index (Phi) is 6.25. The molecule has 1 heterocycles. The maximum atomic E-state index is 3.48. The molecule has 1 aliphatic heterocycles. The number of nitrogens with one attached hydrogen (secondary N) is 1. The smallest absolute Gasteiger partial charge is 0.0233 e. The summed E-state index contributed by atoms with van der Waals surface area (Å²) in [4.78, 5) is 2.62. The van der Waals surface area contributed by atoms with E-state index in [1.807, 2.05) is 0 Å². The van der Waals surface area contributed by atoms with Gasteiger partial charge in [0, 0.05) is 25.7 Å². The third-order valence-electron chi connectivity index (χ3n) is 4.34. The zero-order valence-electron chi connectivity index (χ0n) is 14.2. The van der Waals surface area contributed by atoms with Crippen molar-refractivity contribution in [1.82, 2.24) is 10.2 Å². The van der Waals surface area contributed by atoms with E-state index in [4.69, 9.17) is 0 Å². The molecule has 1 fully saturated rings. The monoisotopic (exact) mass is 288 g/mol. The van der Waals surface area contributed by atoms with Gasteiger partial charge in [-0.15, -0.1) is 0 Å². The summed E-state index contributed by atoms with van der Waals surface area (Å²) >= 11 is 0. The van der Waals surface area contributed by atoms with Gasteiger partial charge in [-0.25, -0.2) is 0 Å². The van der Waals surface area contributed by atoms with Crippen LogP contribution in [0.4, 0.5) is 0 Å². The number of benzene rings is 1. The summed E-state index contributed by atoms with van der Waals surface area (Å²) in [6.45, 7) is 13.8. The topological polar surface area (TPSA) is 15.3 Å². The van der Waals surface area contributed by atoms with Gasteiger partial charge in [-0.05, 0) is 42.3 Å². The predicted octanol–water partition coefficient (Wildman–Crippen LogP) is 3.71. The summed E-state index contributed by atoms with van der Waals surface area (Å²) in [5.41, 5.74) is 2.89. The van der Waals surface area contributed by atoms with Crippen LogP contribution in [0.15, 0.2) is 24.3 Å². The maximum Gasteiger partial charge on any atom is 0.0233 e. The van der Waals surface area contributed by atoms with E-state index in [9.17, 15) is 0 Å². The van der Waals surface area contributed by atoms with Crippen molar-refractivity contribution >= 4 is 0 Å². The quantitative estimate of drug-likeness (QED) is 0.858. The first-order valence-corrected chi connectivity index (χ1v) is 8.56. The Hall–Kier alpha value is -0.860. The summed E-state index contributed by atoms with van der Waals surface area (Å²) in [7, 11) is 0. The van der Waals surface area contributed by atoms with Crippen LogP contribution >= 0.6 is 0 Å². The van der Waals surface area contributed by atoms with E-state index in [0.29, 0.717) is 6.04 Å². The lowest BCUT2D eigenvalue weighted by Crippen LogP contribution is -2.38. The van der Waals surface area contributed by atoms with Crippen LogP contribution in [-0.2, 0) is 13.0 Å². The second kappa shape index (κ2) is 7.95. The highest BCUT2D eigenvalue weighted by Gasteiger charge is 2.21. The first-order valence-electron chi connectivity index (χ1n) is 8.56. The molecule has 2 nitrogen and oxygen atoms in total. The van der Waals surface area contributed by atoms with E-state index in [-0.39, 0.29) is 0 Å². The van der Waals surface area contributed by atoms with Crippen LogP contribution in [0.25, 0.3) is 0 Å². The molecule has 21 heavy (non-hydrogen) atoms.